The van der Waals surface area contributed by atoms with E-state index in [0.717, 1.165) is 0 Å². The van der Waals surface area contributed by atoms with Crippen LogP contribution in [0.1, 0.15) is 44.2 Å². The Balaban J connectivity index is 3.22. The van der Waals surface area contributed by atoms with Crippen molar-refractivity contribution in [3.63, 3.8) is 0 Å². The van der Waals surface area contributed by atoms with Crippen LogP contribution < -0.4 is 4.74 Å². The lowest BCUT2D eigenvalue weighted by Crippen LogP contribution is -2.17. The van der Waals surface area contributed by atoms with Gasteiger partial charge in [-0.2, -0.15) is 5.10 Å². The Kier molecular flexibility index (Phi) is 3.50. The Hall–Kier alpha value is -1.32. The number of hydrogen-bond donors (Lipinski definition) is 0. The minimum atomic E-state index is -0.0481. The number of nitrogens with zero attached hydrogens (tertiary/aromatic N) is 2. The quantitative estimate of drug-likeness (QED) is 0.716. The van der Waals surface area contributed by atoms with Crippen molar-refractivity contribution in [3.8, 4) is 5.75 Å². The average molecular weight is 210 g/mol. The van der Waals surface area contributed by atoms with Crippen LogP contribution in [0.5, 0.6) is 5.75 Å². The summed E-state index contributed by atoms with van der Waals surface area (Å²) in [4.78, 5) is 12.0. The number of methoxy groups -OCH3 is 1. The fraction of sp³-hybridized carbons (Fsp3) is 0.636. The molecule has 0 saturated heterocycles. The van der Waals surface area contributed by atoms with Gasteiger partial charge in [-0.3, -0.25) is 9.48 Å². The predicted molar refractivity (Wildman–Crippen MR) is 58.3 cm³/mol. The van der Waals surface area contributed by atoms with Gasteiger partial charge in [0.1, 0.15) is 5.69 Å². The summed E-state index contributed by atoms with van der Waals surface area (Å²) < 4.78 is 6.85. The maximum Gasteiger partial charge on any atom is 0.187 e. The highest BCUT2D eigenvalue weighted by molar-refractivity contribution is 5.98. The largest absolute Gasteiger partial charge is 0.493 e. The first kappa shape index (κ1) is 11.8. The van der Waals surface area contributed by atoms with Crippen LogP contribution >= 0.6 is 0 Å². The van der Waals surface area contributed by atoms with E-state index in [9.17, 15) is 4.79 Å². The molecule has 0 fully saturated rings. The van der Waals surface area contributed by atoms with E-state index in [1.807, 2.05) is 27.7 Å². The summed E-state index contributed by atoms with van der Waals surface area (Å²) in [5, 5.41) is 4.16. The molecule has 0 aromatic carbocycles. The molecule has 0 aliphatic rings. The molecule has 0 aliphatic heterocycles. The van der Waals surface area contributed by atoms with Gasteiger partial charge in [0.25, 0.3) is 0 Å². The van der Waals surface area contributed by atoms with Gasteiger partial charge in [-0.15, -0.1) is 0 Å². The number of rotatable bonds is 4. The molecule has 4 nitrogen and oxygen atoms in total. The minimum Gasteiger partial charge on any atom is -0.493 e. The van der Waals surface area contributed by atoms with Crippen molar-refractivity contribution in [3.05, 3.63) is 11.9 Å². The fourth-order valence-corrected chi connectivity index (χ4v) is 1.40. The number of hydrogen-bond acceptors (Lipinski definition) is 3. The molecule has 0 saturated carbocycles. The van der Waals surface area contributed by atoms with Gasteiger partial charge in [0.2, 0.25) is 0 Å². The summed E-state index contributed by atoms with van der Waals surface area (Å²) >= 11 is 0. The average Bonchev–Trinajstić information content (AvgIpc) is 2.59. The second-order valence-corrected chi connectivity index (χ2v) is 4.12. The first-order chi connectivity index (χ1) is 6.99. The van der Waals surface area contributed by atoms with Gasteiger partial charge in [-0.1, -0.05) is 13.8 Å². The molecule has 0 N–H and O–H groups in total. The van der Waals surface area contributed by atoms with E-state index in [1.54, 1.807) is 18.0 Å². The molecule has 0 bridgehead atoms. The van der Waals surface area contributed by atoms with Gasteiger partial charge in [-0.25, -0.2) is 0 Å². The number of ether oxygens (including phenoxy) is 1. The van der Waals surface area contributed by atoms with Crippen LogP contribution in [0, 0.1) is 5.92 Å². The van der Waals surface area contributed by atoms with Crippen LogP contribution in [0.25, 0.3) is 0 Å². The van der Waals surface area contributed by atoms with Crippen molar-refractivity contribution in [2.75, 3.05) is 7.11 Å². The topological polar surface area (TPSA) is 44.1 Å². The van der Waals surface area contributed by atoms with Crippen molar-refractivity contribution in [1.82, 2.24) is 9.78 Å². The smallest absolute Gasteiger partial charge is 0.187 e. The molecular formula is C11H18N2O2. The zero-order valence-corrected chi connectivity index (χ0v) is 9.94. The van der Waals surface area contributed by atoms with E-state index < -0.39 is 0 Å². The maximum atomic E-state index is 12.0. The van der Waals surface area contributed by atoms with Gasteiger partial charge < -0.3 is 4.74 Å². The first-order valence-corrected chi connectivity index (χ1v) is 5.14. The van der Waals surface area contributed by atoms with E-state index in [0.29, 0.717) is 11.4 Å². The lowest BCUT2D eigenvalue weighted by molar-refractivity contribution is 0.0923. The molecule has 0 spiro atoms. The monoisotopic (exact) mass is 210 g/mol. The number of ketones is 1. The second kappa shape index (κ2) is 4.47. The molecule has 1 aromatic rings. The van der Waals surface area contributed by atoms with Crippen molar-refractivity contribution < 1.29 is 9.53 Å². The molecule has 1 heterocycles. The van der Waals surface area contributed by atoms with Crippen LogP contribution in [0.2, 0.25) is 0 Å². The van der Waals surface area contributed by atoms with E-state index in [4.69, 9.17) is 4.74 Å². The van der Waals surface area contributed by atoms with Gasteiger partial charge >= 0.3 is 0 Å². The predicted octanol–water partition coefficient (Wildman–Crippen LogP) is 2.31. The van der Waals surface area contributed by atoms with Crippen molar-refractivity contribution in [2.45, 2.75) is 33.7 Å². The van der Waals surface area contributed by atoms with E-state index in [1.165, 1.54) is 0 Å². The molecule has 4 heteroatoms. The van der Waals surface area contributed by atoms with Gasteiger partial charge in [0, 0.05) is 12.0 Å². The summed E-state index contributed by atoms with van der Waals surface area (Å²) in [5.74, 6) is 0.577. The summed E-state index contributed by atoms with van der Waals surface area (Å²) in [6.45, 7) is 7.73. The molecular weight excluding hydrogens is 192 g/mol. The third-order valence-electron chi connectivity index (χ3n) is 2.23. The van der Waals surface area contributed by atoms with Crippen LogP contribution in [0.3, 0.4) is 0 Å². The molecule has 0 atom stereocenters. The SMILES string of the molecule is COc1cnn(C(C)C)c1C(=O)C(C)C. The standard InChI is InChI=1S/C11H18N2O2/c1-7(2)11(14)10-9(15-5)6-12-13(10)8(3)4/h6-8H,1-5H3. The Morgan fingerprint density at radius 3 is 2.40 bits per heavy atom. The van der Waals surface area contributed by atoms with E-state index >= 15 is 0 Å². The van der Waals surface area contributed by atoms with Gasteiger partial charge in [0.15, 0.2) is 11.5 Å². The summed E-state index contributed by atoms with van der Waals surface area (Å²) in [6.07, 6.45) is 1.59. The highest BCUT2D eigenvalue weighted by atomic mass is 16.5. The third-order valence-corrected chi connectivity index (χ3v) is 2.23. The Labute approximate surface area is 90.2 Å². The number of carbonyl (C=O) groups is 1. The lowest BCUT2D eigenvalue weighted by Gasteiger charge is -2.12. The van der Waals surface area contributed by atoms with Crippen molar-refractivity contribution in [1.29, 1.82) is 0 Å². The molecule has 15 heavy (non-hydrogen) atoms. The first-order valence-electron chi connectivity index (χ1n) is 5.14. The summed E-state index contributed by atoms with van der Waals surface area (Å²) in [6, 6.07) is 0.159. The Morgan fingerprint density at radius 1 is 1.40 bits per heavy atom. The number of Topliss-reactive ketones (excluding diaryl/α,β-unsaturated/α-hetero) is 1. The summed E-state index contributed by atoms with van der Waals surface area (Å²) in [7, 11) is 1.55. The van der Waals surface area contributed by atoms with E-state index in [-0.39, 0.29) is 17.7 Å². The van der Waals surface area contributed by atoms with Crippen LogP contribution in [0.4, 0.5) is 0 Å². The van der Waals surface area contributed by atoms with Crippen LogP contribution in [0.15, 0.2) is 6.20 Å². The number of aromatic nitrogens is 2. The maximum absolute atomic E-state index is 12.0. The normalized spacial score (nSPS) is 11.1. The zero-order chi connectivity index (χ0) is 11.6. The molecule has 1 aromatic heterocycles. The van der Waals surface area contributed by atoms with Crippen molar-refractivity contribution >= 4 is 5.78 Å². The second-order valence-electron chi connectivity index (χ2n) is 4.12. The molecule has 84 valence electrons. The lowest BCUT2D eigenvalue weighted by atomic mass is 10.1. The number of carbonyl (C=O) groups excluding carboxylic acids is 1. The van der Waals surface area contributed by atoms with Gasteiger partial charge in [0.05, 0.1) is 13.3 Å². The minimum absolute atomic E-state index is 0.0481. The highest BCUT2D eigenvalue weighted by Crippen LogP contribution is 2.23. The van der Waals surface area contributed by atoms with Crippen molar-refractivity contribution in [2.24, 2.45) is 5.92 Å². The molecule has 0 aliphatic carbocycles. The highest BCUT2D eigenvalue weighted by Gasteiger charge is 2.22. The fourth-order valence-electron chi connectivity index (χ4n) is 1.40. The molecule has 0 amide bonds. The Morgan fingerprint density at radius 2 is 2.00 bits per heavy atom. The van der Waals surface area contributed by atoms with E-state index in [2.05, 4.69) is 5.10 Å². The summed E-state index contributed by atoms with van der Waals surface area (Å²) in [5.41, 5.74) is 0.572. The van der Waals surface area contributed by atoms with Crippen LogP contribution in [-0.4, -0.2) is 22.7 Å². The van der Waals surface area contributed by atoms with Gasteiger partial charge in [-0.05, 0) is 13.8 Å². The molecule has 1 rings (SSSR count). The zero-order valence-electron chi connectivity index (χ0n) is 9.94. The molecule has 0 radical (unpaired) electrons. The van der Waals surface area contributed by atoms with Crippen LogP contribution in [-0.2, 0) is 0 Å². The Bertz CT molecular complexity index is 353. The third kappa shape index (κ3) is 2.19. The molecule has 0 unspecified atom stereocenters.